The van der Waals surface area contributed by atoms with Gasteiger partial charge in [0.05, 0.1) is 24.8 Å². The number of rotatable bonds is 7. The van der Waals surface area contributed by atoms with E-state index >= 15 is 0 Å². The van der Waals surface area contributed by atoms with Crippen molar-refractivity contribution in [1.29, 1.82) is 5.26 Å². The Morgan fingerprint density at radius 1 is 1.13 bits per heavy atom. The van der Waals surface area contributed by atoms with E-state index in [1.165, 1.54) is 22.5 Å². The van der Waals surface area contributed by atoms with E-state index in [0.717, 1.165) is 39.7 Å². The van der Waals surface area contributed by atoms with Crippen molar-refractivity contribution in [3.63, 3.8) is 0 Å². The van der Waals surface area contributed by atoms with Gasteiger partial charge in [0.1, 0.15) is 21.8 Å². The third kappa shape index (κ3) is 4.50. The average molecular weight is 433 g/mol. The van der Waals surface area contributed by atoms with Crippen LogP contribution in [0.25, 0.3) is 21.1 Å². The van der Waals surface area contributed by atoms with Gasteiger partial charge in [-0.25, -0.2) is 0 Å². The minimum absolute atomic E-state index is 0.00851. The fourth-order valence-corrected chi connectivity index (χ4v) is 4.59. The van der Waals surface area contributed by atoms with Gasteiger partial charge in [0, 0.05) is 23.9 Å². The van der Waals surface area contributed by atoms with E-state index in [4.69, 9.17) is 14.5 Å². The second kappa shape index (κ2) is 9.38. The number of methoxy groups -OCH3 is 1. The highest BCUT2D eigenvalue weighted by atomic mass is 32.1. The summed E-state index contributed by atoms with van der Waals surface area (Å²) in [5.74, 6) is 0.590. The number of nitriles is 1. The summed E-state index contributed by atoms with van der Waals surface area (Å²) in [5.41, 5.74) is 6.09. The van der Waals surface area contributed by atoms with Crippen LogP contribution in [0.2, 0.25) is 0 Å². The van der Waals surface area contributed by atoms with Crippen LogP contribution in [0.5, 0.6) is 5.75 Å². The number of fused-ring (bicyclic) bond motifs is 1. The number of benzene rings is 2. The molecule has 0 N–H and O–H groups in total. The molecule has 0 atom stereocenters. The van der Waals surface area contributed by atoms with Gasteiger partial charge in [-0.2, -0.15) is 5.26 Å². The minimum atomic E-state index is 0.00851. The van der Waals surface area contributed by atoms with Crippen LogP contribution in [-0.2, 0) is 11.2 Å². The van der Waals surface area contributed by atoms with Crippen molar-refractivity contribution in [2.24, 2.45) is 4.99 Å². The number of aromatic nitrogens is 2. The highest BCUT2D eigenvalue weighted by Crippen LogP contribution is 2.37. The smallest absolute Gasteiger partial charge is 0.148 e. The highest BCUT2D eigenvalue weighted by molar-refractivity contribution is 7.17. The van der Waals surface area contributed by atoms with Crippen LogP contribution in [0.15, 0.2) is 41.4 Å². The zero-order valence-electron chi connectivity index (χ0n) is 17.9. The molecule has 0 spiro atoms. The lowest BCUT2D eigenvalue weighted by Crippen LogP contribution is -2.06. The molecular formula is C24H24N4O2S. The van der Waals surface area contributed by atoms with E-state index in [1.54, 1.807) is 7.11 Å². The zero-order chi connectivity index (χ0) is 21.8. The molecule has 2 aromatic carbocycles. The summed E-state index contributed by atoms with van der Waals surface area (Å²) in [5, 5.41) is 20.0. The van der Waals surface area contributed by atoms with Crippen LogP contribution in [0.3, 0.4) is 0 Å². The first kappa shape index (κ1) is 21.2. The summed E-state index contributed by atoms with van der Waals surface area (Å²) < 4.78 is 10.8. The standard InChI is InChI=1S/C24H24N4O2S/c1-15(2)30-22-10-7-16(13-17(22)14-25)23-27-28-24(31-23)20-6-4-5-19-18(20)8-9-21(19)26-11-12-29-3/h4-7,10,13,15H,8-9,11-12H2,1-3H3/b26-21-. The summed E-state index contributed by atoms with van der Waals surface area (Å²) in [6, 6.07) is 14.1. The van der Waals surface area contributed by atoms with Crippen molar-refractivity contribution in [2.75, 3.05) is 20.3 Å². The normalized spacial score (nSPS) is 14.1. The van der Waals surface area contributed by atoms with Gasteiger partial charge in [-0.1, -0.05) is 29.5 Å². The molecule has 0 saturated heterocycles. The molecule has 1 aliphatic rings. The quantitative estimate of drug-likeness (QED) is 0.496. The summed E-state index contributed by atoms with van der Waals surface area (Å²) in [4.78, 5) is 4.71. The molecule has 0 bridgehead atoms. The Bertz CT molecular complexity index is 1160. The van der Waals surface area contributed by atoms with E-state index in [0.29, 0.717) is 24.5 Å². The molecule has 158 valence electrons. The molecule has 0 saturated carbocycles. The van der Waals surface area contributed by atoms with Gasteiger partial charge in [-0.15, -0.1) is 10.2 Å². The van der Waals surface area contributed by atoms with Gasteiger partial charge in [0.25, 0.3) is 0 Å². The Balaban J connectivity index is 1.64. The first-order chi connectivity index (χ1) is 15.1. The largest absolute Gasteiger partial charge is 0.490 e. The molecule has 7 heteroatoms. The van der Waals surface area contributed by atoms with Crippen LogP contribution in [-0.4, -0.2) is 42.3 Å². The maximum absolute atomic E-state index is 9.51. The maximum Gasteiger partial charge on any atom is 0.148 e. The Hall–Kier alpha value is -3.08. The zero-order valence-corrected chi connectivity index (χ0v) is 18.7. The molecule has 0 aliphatic heterocycles. The molecule has 1 aliphatic carbocycles. The van der Waals surface area contributed by atoms with Crippen LogP contribution >= 0.6 is 11.3 Å². The number of hydrogen-bond donors (Lipinski definition) is 0. The molecule has 4 rings (SSSR count). The third-order valence-electron chi connectivity index (χ3n) is 5.06. The molecule has 1 aromatic heterocycles. The molecule has 0 radical (unpaired) electrons. The van der Waals surface area contributed by atoms with E-state index in [2.05, 4.69) is 34.5 Å². The first-order valence-electron chi connectivity index (χ1n) is 10.3. The van der Waals surface area contributed by atoms with Gasteiger partial charge in [0.15, 0.2) is 0 Å². The molecule has 0 fully saturated rings. The van der Waals surface area contributed by atoms with Crippen LogP contribution < -0.4 is 4.74 Å². The fourth-order valence-electron chi connectivity index (χ4n) is 3.70. The van der Waals surface area contributed by atoms with Crippen LogP contribution in [0, 0.1) is 11.3 Å². The van der Waals surface area contributed by atoms with Crippen molar-refractivity contribution in [3.05, 3.63) is 53.1 Å². The van der Waals surface area contributed by atoms with Gasteiger partial charge >= 0.3 is 0 Å². The Labute approximate surface area is 186 Å². The van der Waals surface area contributed by atoms with Gasteiger partial charge in [-0.3, -0.25) is 4.99 Å². The van der Waals surface area contributed by atoms with Gasteiger partial charge < -0.3 is 9.47 Å². The molecule has 6 nitrogen and oxygen atoms in total. The van der Waals surface area contributed by atoms with E-state index in [9.17, 15) is 5.26 Å². The average Bonchev–Trinajstić information content (AvgIpc) is 3.41. The monoisotopic (exact) mass is 432 g/mol. The summed E-state index contributed by atoms with van der Waals surface area (Å²) >= 11 is 1.53. The van der Waals surface area contributed by atoms with Gasteiger partial charge in [-0.05, 0) is 56.0 Å². The molecule has 3 aromatic rings. The lowest BCUT2D eigenvalue weighted by atomic mass is 10.0. The van der Waals surface area contributed by atoms with E-state index < -0.39 is 0 Å². The summed E-state index contributed by atoms with van der Waals surface area (Å²) in [7, 11) is 1.69. The summed E-state index contributed by atoms with van der Waals surface area (Å²) in [6.07, 6.45) is 1.89. The van der Waals surface area contributed by atoms with Crippen molar-refractivity contribution >= 4 is 17.0 Å². The van der Waals surface area contributed by atoms with Crippen molar-refractivity contribution in [1.82, 2.24) is 10.2 Å². The lowest BCUT2D eigenvalue weighted by Gasteiger charge is -2.11. The number of ether oxygens (including phenoxy) is 2. The Morgan fingerprint density at radius 3 is 2.71 bits per heavy atom. The SMILES string of the molecule is COCC/N=C1/CCc2c1cccc2-c1nnc(-c2ccc(OC(C)C)c(C#N)c2)s1. The van der Waals surface area contributed by atoms with Crippen molar-refractivity contribution in [2.45, 2.75) is 32.8 Å². The van der Waals surface area contributed by atoms with E-state index in [1.807, 2.05) is 32.0 Å². The number of aliphatic imine (C=N–C) groups is 1. The molecule has 0 amide bonds. The Kier molecular flexibility index (Phi) is 6.40. The van der Waals surface area contributed by atoms with Gasteiger partial charge in [0.2, 0.25) is 0 Å². The van der Waals surface area contributed by atoms with Crippen molar-refractivity contribution < 1.29 is 9.47 Å². The lowest BCUT2D eigenvalue weighted by molar-refractivity contribution is 0.208. The second-order valence-corrected chi connectivity index (χ2v) is 8.53. The van der Waals surface area contributed by atoms with Crippen LogP contribution in [0.1, 0.15) is 37.0 Å². The number of hydrogen-bond acceptors (Lipinski definition) is 7. The Morgan fingerprint density at radius 2 is 1.94 bits per heavy atom. The van der Waals surface area contributed by atoms with Crippen LogP contribution in [0.4, 0.5) is 0 Å². The predicted octanol–water partition coefficient (Wildman–Crippen LogP) is 4.91. The minimum Gasteiger partial charge on any atom is -0.490 e. The fraction of sp³-hybridized carbons (Fsp3) is 0.333. The molecular weight excluding hydrogens is 408 g/mol. The van der Waals surface area contributed by atoms with E-state index in [-0.39, 0.29) is 6.10 Å². The predicted molar refractivity (Wildman–Crippen MR) is 123 cm³/mol. The summed E-state index contributed by atoms with van der Waals surface area (Å²) in [6.45, 7) is 5.19. The molecule has 0 unspecified atom stereocenters. The third-order valence-corrected chi connectivity index (χ3v) is 6.07. The number of nitrogens with zero attached hydrogens (tertiary/aromatic N) is 4. The molecule has 1 heterocycles. The molecule has 31 heavy (non-hydrogen) atoms. The highest BCUT2D eigenvalue weighted by Gasteiger charge is 2.23. The second-order valence-electron chi connectivity index (χ2n) is 7.55. The maximum atomic E-state index is 9.51. The topological polar surface area (TPSA) is 80.4 Å². The first-order valence-corrected chi connectivity index (χ1v) is 11.1. The van der Waals surface area contributed by atoms with Crippen molar-refractivity contribution in [3.8, 4) is 33.0 Å².